The molecule has 94 valence electrons. The number of benzene rings is 1. The van der Waals surface area contributed by atoms with E-state index in [4.69, 9.17) is 16.3 Å². The number of halogens is 3. The van der Waals surface area contributed by atoms with Crippen molar-refractivity contribution in [3.63, 3.8) is 0 Å². The highest BCUT2D eigenvalue weighted by Crippen LogP contribution is 2.24. The van der Waals surface area contributed by atoms with Crippen LogP contribution in [-0.2, 0) is 11.2 Å². The summed E-state index contributed by atoms with van der Waals surface area (Å²) in [5, 5.41) is -0.0832. The van der Waals surface area contributed by atoms with Gasteiger partial charge < -0.3 is 4.74 Å². The van der Waals surface area contributed by atoms with Gasteiger partial charge in [-0.25, -0.2) is 8.78 Å². The maximum atomic E-state index is 13.0. The fourth-order valence-corrected chi connectivity index (χ4v) is 2.49. The summed E-state index contributed by atoms with van der Waals surface area (Å²) in [6, 6.07) is 3.94. The van der Waals surface area contributed by atoms with Crippen LogP contribution in [0.2, 0.25) is 0 Å². The average molecular weight is 261 g/mol. The van der Waals surface area contributed by atoms with Crippen molar-refractivity contribution in [1.29, 1.82) is 0 Å². The molecule has 0 N–H and O–H groups in total. The smallest absolute Gasteiger partial charge is 0.159 e. The van der Waals surface area contributed by atoms with E-state index in [0.29, 0.717) is 18.9 Å². The van der Waals surface area contributed by atoms with Crippen LogP contribution in [0.3, 0.4) is 0 Å². The Hall–Kier alpha value is -0.670. The first-order valence-corrected chi connectivity index (χ1v) is 6.26. The van der Waals surface area contributed by atoms with E-state index in [0.717, 1.165) is 31.1 Å². The van der Waals surface area contributed by atoms with Crippen LogP contribution in [0.15, 0.2) is 18.2 Å². The van der Waals surface area contributed by atoms with Crippen LogP contribution in [-0.4, -0.2) is 18.6 Å². The van der Waals surface area contributed by atoms with Crippen LogP contribution >= 0.6 is 11.6 Å². The molecule has 4 heteroatoms. The highest BCUT2D eigenvalue weighted by molar-refractivity contribution is 6.20. The Morgan fingerprint density at radius 3 is 2.82 bits per heavy atom. The minimum Gasteiger partial charge on any atom is -0.381 e. The van der Waals surface area contributed by atoms with Crippen LogP contribution in [0.4, 0.5) is 8.78 Å². The monoisotopic (exact) mass is 260 g/mol. The van der Waals surface area contributed by atoms with Gasteiger partial charge in [-0.1, -0.05) is 6.07 Å². The molecule has 1 aromatic carbocycles. The Bertz CT molecular complexity index is 378. The molecule has 0 spiro atoms. The first-order chi connectivity index (χ1) is 8.16. The summed E-state index contributed by atoms with van der Waals surface area (Å²) in [5.41, 5.74) is 0.731. The Kier molecular flexibility index (Phi) is 4.35. The summed E-state index contributed by atoms with van der Waals surface area (Å²) in [7, 11) is 0. The molecule has 0 saturated carbocycles. The van der Waals surface area contributed by atoms with E-state index in [1.165, 1.54) is 6.07 Å². The molecule has 2 unspecified atom stereocenters. The third-order valence-corrected chi connectivity index (χ3v) is 3.63. The first kappa shape index (κ1) is 12.8. The highest BCUT2D eigenvalue weighted by Gasteiger charge is 2.22. The average Bonchev–Trinajstić information content (AvgIpc) is 2.35. The summed E-state index contributed by atoms with van der Waals surface area (Å²) >= 11 is 6.29. The summed E-state index contributed by atoms with van der Waals surface area (Å²) in [5.74, 6) is -1.33. The molecule has 1 fully saturated rings. The molecular weight excluding hydrogens is 246 g/mol. The van der Waals surface area contributed by atoms with Gasteiger partial charge in [0.15, 0.2) is 11.6 Å². The van der Waals surface area contributed by atoms with Gasteiger partial charge >= 0.3 is 0 Å². The van der Waals surface area contributed by atoms with Crippen molar-refractivity contribution < 1.29 is 13.5 Å². The highest BCUT2D eigenvalue weighted by atomic mass is 35.5. The minimum atomic E-state index is -0.819. The van der Waals surface area contributed by atoms with Crippen molar-refractivity contribution in [3.05, 3.63) is 35.4 Å². The standard InChI is InChI=1S/C13H15ClF2O/c14-11(10-2-1-5-17-8-10)6-9-3-4-12(15)13(16)7-9/h3-4,7,10-11H,1-2,5-6,8H2. The molecule has 1 nitrogen and oxygen atoms in total. The summed E-state index contributed by atoms with van der Waals surface area (Å²) < 4.78 is 31.2. The Morgan fingerprint density at radius 2 is 2.18 bits per heavy atom. The fourth-order valence-electron chi connectivity index (χ4n) is 2.11. The second-order valence-electron chi connectivity index (χ2n) is 4.45. The van der Waals surface area contributed by atoms with E-state index in [1.54, 1.807) is 6.07 Å². The molecule has 1 saturated heterocycles. The van der Waals surface area contributed by atoms with Gasteiger partial charge in [0.25, 0.3) is 0 Å². The molecule has 2 rings (SSSR count). The SMILES string of the molecule is Fc1ccc(CC(Cl)C2CCCOC2)cc1F. The van der Waals surface area contributed by atoms with Crippen molar-refractivity contribution in [2.24, 2.45) is 5.92 Å². The van der Waals surface area contributed by atoms with Gasteiger partial charge in [0.2, 0.25) is 0 Å². The zero-order valence-electron chi connectivity index (χ0n) is 9.46. The lowest BCUT2D eigenvalue weighted by Gasteiger charge is -2.26. The molecule has 0 aromatic heterocycles. The van der Waals surface area contributed by atoms with Crippen LogP contribution in [0.25, 0.3) is 0 Å². The van der Waals surface area contributed by atoms with Crippen molar-refractivity contribution in [2.75, 3.05) is 13.2 Å². The van der Waals surface area contributed by atoms with Gasteiger partial charge in [-0.2, -0.15) is 0 Å². The van der Waals surface area contributed by atoms with Gasteiger partial charge in [0.05, 0.1) is 6.61 Å². The lowest BCUT2D eigenvalue weighted by molar-refractivity contribution is 0.0533. The molecular formula is C13H15ClF2O. The van der Waals surface area contributed by atoms with Gasteiger partial charge in [-0.3, -0.25) is 0 Å². The van der Waals surface area contributed by atoms with Crippen LogP contribution < -0.4 is 0 Å². The summed E-state index contributed by atoms with van der Waals surface area (Å²) in [4.78, 5) is 0. The van der Waals surface area contributed by atoms with Crippen LogP contribution in [0, 0.1) is 17.6 Å². The van der Waals surface area contributed by atoms with E-state index < -0.39 is 11.6 Å². The molecule has 1 aliphatic heterocycles. The molecule has 1 aliphatic rings. The van der Waals surface area contributed by atoms with E-state index in [-0.39, 0.29) is 5.38 Å². The maximum Gasteiger partial charge on any atom is 0.159 e. The second-order valence-corrected chi connectivity index (χ2v) is 5.01. The lowest BCUT2D eigenvalue weighted by Crippen LogP contribution is -2.27. The normalized spacial score (nSPS) is 22.4. The third-order valence-electron chi connectivity index (χ3n) is 3.12. The van der Waals surface area contributed by atoms with Gasteiger partial charge in [-0.05, 0) is 42.9 Å². The van der Waals surface area contributed by atoms with Gasteiger partial charge in [0, 0.05) is 12.0 Å². The van der Waals surface area contributed by atoms with E-state index in [2.05, 4.69) is 0 Å². The minimum absolute atomic E-state index is 0.0832. The molecule has 0 bridgehead atoms. The zero-order valence-corrected chi connectivity index (χ0v) is 10.2. The van der Waals surface area contributed by atoms with E-state index >= 15 is 0 Å². The topological polar surface area (TPSA) is 9.23 Å². The fraction of sp³-hybridized carbons (Fsp3) is 0.538. The van der Waals surface area contributed by atoms with E-state index in [1.807, 2.05) is 0 Å². The Labute approximate surface area is 105 Å². The molecule has 1 heterocycles. The summed E-state index contributed by atoms with van der Waals surface area (Å²) in [6.45, 7) is 1.46. The van der Waals surface area contributed by atoms with Crippen molar-refractivity contribution in [3.8, 4) is 0 Å². The van der Waals surface area contributed by atoms with Crippen LogP contribution in [0.5, 0.6) is 0 Å². The first-order valence-electron chi connectivity index (χ1n) is 5.82. The quantitative estimate of drug-likeness (QED) is 0.756. The summed E-state index contributed by atoms with van der Waals surface area (Å²) in [6.07, 6.45) is 2.61. The number of alkyl halides is 1. The molecule has 1 aromatic rings. The third kappa shape index (κ3) is 3.39. The van der Waals surface area contributed by atoms with Crippen molar-refractivity contribution >= 4 is 11.6 Å². The predicted molar refractivity (Wildman–Crippen MR) is 63.2 cm³/mol. The molecule has 2 atom stereocenters. The second kappa shape index (κ2) is 5.78. The van der Waals surface area contributed by atoms with Gasteiger partial charge in [0.1, 0.15) is 0 Å². The Morgan fingerprint density at radius 1 is 1.35 bits per heavy atom. The number of hydrogen-bond donors (Lipinski definition) is 0. The maximum absolute atomic E-state index is 13.0. The van der Waals surface area contributed by atoms with Crippen molar-refractivity contribution in [2.45, 2.75) is 24.6 Å². The molecule has 0 amide bonds. The molecule has 0 aliphatic carbocycles. The number of rotatable bonds is 3. The number of ether oxygens (including phenoxy) is 1. The molecule has 0 radical (unpaired) electrons. The van der Waals surface area contributed by atoms with E-state index in [9.17, 15) is 8.78 Å². The van der Waals surface area contributed by atoms with Crippen molar-refractivity contribution in [1.82, 2.24) is 0 Å². The zero-order chi connectivity index (χ0) is 12.3. The Balaban J connectivity index is 1.96. The number of hydrogen-bond acceptors (Lipinski definition) is 1. The largest absolute Gasteiger partial charge is 0.381 e. The van der Waals surface area contributed by atoms with Crippen LogP contribution in [0.1, 0.15) is 18.4 Å². The van der Waals surface area contributed by atoms with Gasteiger partial charge in [-0.15, -0.1) is 11.6 Å². The predicted octanol–water partition coefficient (Wildman–Crippen LogP) is 3.54. The molecule has 17 heavy (non-hydrogen) atoms. The lowest BCUT2D eigenvalue weighted by atomic mass is 9.94.